The summed E-state index contributed by atoms with van der Waals surface area (Å²) in [4.78, 5) is 0. The molecule has 4 aliphatic heterocycles. The summed E-state index contributed by atoms with van der Waals surface area (Å²) in [5, 5.41) is 0. The topological polar surface area (TPSA) is 64.6 Å². The Morgan fingerprint density at radius 2 is 1.13 bits per heavy atom. The van der Waals surface area contributed by atoms with E-state index in [4.69, 9.17) is 14.2 Å². The molecule has 0 saturated heterocycles. The highest BCUT2D eigenvalue weighted by Gasteiger charge is 2.35. The second-order valence-corrected chi connectivity index (χ2v) is 3.74. The second-order valence-electron chi connectivity index (χ2n) is 3.74. The van der Waals surface area contributed by atoms with Crippen LogP contribution in [0.3, 0.4) is 0 Å². The first-order chi connectivity index (χ1) is 11.2. The van der Waals surface area contributed by atoms with E-state index in [0.29, 0.717) is 20.0 Å². The van der Waals surface area contributed by atoms with Gasteiger partial charge < -0.3 is 33.2 Å². The van der Waals surface area contributed by atoms with Crippen LogP contribution in [0.5, 0.6) is 0 Å². The van der Waals surface area contributed by atoms with Crippen molar-refractivity contribution in [2.24, 2.45) is 0 Å². The number of rotatable bonds is 0. The Bertz CT molecular complexity index is 362. The van der Waals surface area contributed by atoms with Gasteiger partial charge in [-0.05, 0) is 6.08 Å². The fraction of sp³-hybridized carbons (Fsp3) is 0.429. The molecule has 0 unspecified atom stereocenters. The van der Waals surface area contributed by atoms with Crippen LogP contribution in [-0.4, -0.2) is 32.9 Å². The monoisotopic (exact) mass is 336 g/mol. The first-order valence-corrected chi connectivity index (χ1v) is 6.62. The van der Waals surface area contributed by atoms with Crippen molar-refractivity contribution >= 4 is 0 Å². The molecular weight excluding hydrogens is 318 g/mol. The molecule has 4 rings (SSSR count). The third-order valence-electron chi connectivity index (χ3n) is 2.01. The van der Waals surface area contributed by atoms with Gasteiger partial charge in [0.25, 0.3) is 0 Å². The lowest BCUT2D eigenvalue weighted by molar-refractivity contribution is -0.329. The summed E-state index contributed by atoms with van der Waals surface area (Å²) in [6.07, 6.45) is 9.13. The molecule has 0 aromatic heterocycles. The average molecular weight is 336 g/mol. The van der Waals surface area contributed by atoms with E-state index in [9.17, 15) is 8.78 Å². The normalized spacial score (nSPS) is 20.1. The molecule has 4 aliphatic rings. The van der Waals surface area contributed by atoms with Gasteiger partial charge in [-0.3, -0.25) is 0 Å². The molecule has 0 radical (unpaired) electrons. The maximum Gasteiger partial charge on any atom is 0.585 e. The number of halogens is 2. The van der Waals surface area contributed by atoms with E-state index in [0.717, 1.165) is 25.6 Å². The van der Waals surface area contributed by atoms with Crippen LogP contribution in [-0.2, 0) is 33.2 Å². The maximum absolute atomic E-state index is 11.4. The zero-order valence-electron chi connectivity index (χ0n) is 12.3. The molecule has 0 aromatic carbocycles. The smallest absolute Gasteiger partial charge is 0.501 e. The maximum atomic E-state index is 11.4. The van der Waals surface area contributed by atoms with E-state index in [1.165, 1.54) is 12.5 Å². The molecule has 0 amide bonds. The quantitative estimate of drug-likeness (QED) is 0.674. The largest absolute Gasteiger partial charge is 0.585 e. The van der Waals surface area contributed by atoms with E-state index < -0.39 is 6.29 Å². The third kappa shape index (κ3) is 11.7. The average Bonchev–Trinajstić information content (AvgIpc) is 3.36. The molecule has 7 nitrogen and oxygen atoms in total. The Morgan fingerprint density at radius 3 is 1.30 bits per heavy atom. The first kappa shape index (κ1) is 18.5. The molecule has 0 bridgehead atoms. The highest BCUT2D eigenvalue weighted by Crippen LogP contribution is 2.22. The van der Waals surface area contributed by atoms with Crippen molar-refractivity contribution in [3.63, 3.8) is 0 Å². The molecule has 0 fully saturated rings. The molecule has 23 heavy (non-hydrogen) atoms. The lowest BCUT2D eigenvalue weighted by Gasteiger charge is -2.04. The predicted octanol–water partition coefficient (Wildman–Crippen LogP) is 2.94. The van der Waals surface area contributed by atoms with Gasteiger partial charge in [-0.25, -0.2) is 0 Å². The summed E-state index contributed by atoms with van der Waals surface area (Å²) < 4.78 is 53.5. The summed E-state index contributed by atoms with van der Waals surface area (Å²) in [5.74, 6) is 0. The molecule has 0 N–H and O–H groups in total. The van der Waals surface area contributed by atoms with Crippen molar-refractivity contribution in [2.75, 3.05) is 26.6 Å². The number of hydrogen-bond acceptors (Lipinski definition) is 7. The summed E-state index contributed by atoms with van der Waals surface area (Å²) in [5.41, 5.74) is 0. The van der Waals surface area contributed by atoms with Crippen LogP contribution in [0.4, 0.5) is 8.78 Å². The molecule has 0 saturated carbocycles. The van der Waals surface area contributed by atoms with Crippen LogP contribution in [0.1, 0.15) is 6.42 Å². The van der Waals surface area contributed by atoms with Crippen LogP contribution in [0.15, 0.2) is 49.9 Å². The zero-order chi connectivity index (χ0) is 16.6. The van der Waals surface area contributed by atoms with Gasteiger partial charge in [0.15, 0.2) is 0 Å². The summed E-state index contributed by atoms with van der Waals surface area (Å²) in [7, 11) is 0. The van der Waals surface area contributed by atoms with Gasteiger partial charge in [-0.1, -0.05) is 0 Å². The first-order valence-electron chi connectivity index (χ1n) is 6.62. The Kier molecular flexibility index (Phi) is 9.65. The van der Waals surface area contributed by atoms with E-state index in [1.807, 2.05) is 6.08 Å². The lowest BCUT2D eigenvalue weighted by atomic mass is 10.5. The van der Waals surface area contributed by atoms with E-state index in [2.05, 4.69) is 18.9 Å². The summed E-state index contributed by atoms with van der Waals surface area (Å²) in [6, 6.07) is 0. The highest BCUT2D eigenvalue weighted by molar-refractivity contribution is 4.78. The minimum atomic E-state index is -3.42. The summed E-state index contributed by atoms with van der Waals surface area (Å²) in [6.45, 7) is 2.66. The predicted molar refractivity (Wildman–Crippen MR) is 73.2 cm³/mol. The SMILES string of the molecule is C1=COCC1.C1=COCCO1.C1=COCO1.FC1(F)OC=CO1. The molecule has 0 aliphatic carbocycles. The van der Waals surface area contributed by atoms with E-state index in [1.54, 1.807) is 18.8 Å². The van der Waals surface area contributed by atoms with Gasteiger partial charge in [0.1, 0.15) is 50.8 Å². The Balaban J connectivity index is 0.000000155. The fourth-order valence-electron chi connectivity index (χ4n) is 1.09. The van der Waals surface area contributed by atoms with Crippen LogP contribution < -0.4 is 0 Å². The zero-order valence-corrected chi connectivity index (χ0v) is 12.3. The van der Waals surface area contributed by atoms with E-state index in [-0.39, 0.29) is 0 Å². The Labute approximate surface area is 132 Å². The molecule has 4 heterocycles. The van der Waals surface area contributed by atoms with Crippen LogP contribution in [0.25, 0.3) is 0 Å². The number of alkyl halides is 2. The minimum Gasteiger partial charge on any atom is -0.501 e. The van der Waals surface area contributed by atoms with Gasteiger partial charge >= 0.3 is 6.29 Å². The van der Waals surface area contributed by atoms with Crippen LogP contribution in [0.2, 0.25) is 0 Å². The number of hydrogen-bond donors (Lipinski definition) is 0. The van der Waals surface area contributed by atoms with Crippen molar-refractivity contribution in [3.8, 4) is 0 Å². The molecule has 0 atom stereocenters. The summed E-state index contributed by atoms with van der Waals surface area (Å²) >= 11 is 0. The van der Waals surface area contributed by atoms with Gasteiger partial charge in [0.2, 0.25) is 6.79 Å². The minimum absolute atomic E-state index is 0.389. The van der Waals surface area contributed by atoms with Crippen molar-refractivity contribution in [3.05, 3.63) is 49.9 Å². The van der Waals surface area contributed by atoms with Crippen molar-refractivity contribution in [1.82, 2.24) is 0 Å². The van der Waals surface area contributed by atoms with Gasteiger partial charge in [-0.15, -0.1) is 8.78 Å². The van der Waals surface area contributed by atoms with Crippen molar-refractivity contribution in [1.29, 1.82) is 0 Å². The van der Waals surface area contributed by atoms with E-state index >= 15 is 0 Å². The molecule has 0 aromatic rings. The van der Waals surface area contributed by atoms with Gasteiger partial charge in [0, 0.05) is 6.42 Å². The third-order valence-corrected chi connectivity index (χ3v) is 2.01. The van der Waals surface area contributed by atoms with Crippen LogP contribution in [0, 0.1) is 0 Å². The molecule has 130 valence electrons. The molecule has 9 heteroatoms. The van der Waals surface area contributed by atoms with Gasteiger partial charge in [-0.2, -0.15) is 0 Å². The van der Waals surface area contributed by atoms with Crippen LogP contribution >= 0.6 is 0 Å². The fourth-order valence-corrected chi connectivity index (χ4v) is 1.09. The molecule has 0 spiro atoms. The molecular formula is C14H18F2O7. The standard InChI is InChI=1S/C4H6O2.C4H6O.C3H2F2O2.C3H4O2/c1-2-6-4-3-5-1;1-2-4-5-3-1;4-3(5)6-1-2-7-3;1-2-5-3-4-1/h1-2H,3-4H2;1,3H,2,4H2;1-2H;1-2H,3H2. The number of ether oxygens (including phenoxy) is 7. The van der Waals surface area contributed by atoms with Gasteiger partial charge in [0.05, 0.1) is 12.9 Å². The second kappa shape index (κ2) is 12.0. The Morgan fingerprint density at radius 1 is 0.609 bits per heavy atom. The van der Waals surface area contributed by atoms with Crippen molar-refractivity contribution < 1.29 is 41.9 Å². The highest BCUT2D eigenvalue weighted by atomic mass is 19.3. The lowest BCUT2D eigenvalue weighted by Crippen LogP contribution is -2.14. The Hall–Kier alpha value is -2.58. The van der Waals surface area contributed by atoms with Crippen molar-refractivity contribution in [2.45, 2.75) is 12.7 Å².